The maximum atomic E-state index is 12.3. The normalized spacial score (nSPS) is 15.8. The first-order chi connectivity index (χ1) is 15.4. The Morgan fingerprint density at radius 2 is 1.94 bits per heavy atom. The molecule has 2 N–H and O–H groups in total. The fourth-order valence-electron chi connectivity index (χ4n) is 3.12. The van der Waals surface area contributed by atoms with Gasteiger partial charge in [0.1, 0.15) is 18.2 Å². The predicted molar refractivity (Wildman–Crippen MR) is 120 cm³/mol. The quantitative estimate of drug-likeness (QED) is 0.431. The SMILES string of the molecule is N#C/C(=C\c1cc(Cl)c(OCc2ccc(C(=O)O)cc2)c(Cl)c1)C(=O)NC[C@@H]1CCCO1. The number of hydrogen-bond acceptors (Lipinski definition) is 5. The lowest BCUT2D eigenvalue weighted by atomic mass is 10.1. The molecular weight excluding hydrogens is 455 g/mol. The maximum absolute atomic E-state index is 12.3. The van der Waals surface area contributed by atoms with Gasteiger partial charge in [-0.1, -0.05) is 35.3 Å². The van der Waals surface area contributed by atoms with Gasteiger partial charge < -0.3 is 19.9 Å². The third kappa shape index (κ3) is 6.24. The van der Waals surface area contributed by atoms with Gasteiger partial charge in [-0.3, -0.25) is 4.79 Å². The Bertz CT molecular complexity index is 1050. The lowest BCUT2D eigenvalue weighted by molar-refractivity contribution is -0.117. The van der Waals surface area contributed by atoms with Crippen molar-refractivity contribution in [3.8, 4) is 11.8 Å². The Hall–Kier alpha value is -3.05. The molecule has 0 bridgehead atoms. The molecule has 2 aromatic rings. The first kappa shape index (κ1) is 23.6. The summed E-state index contributed by atoms with van der Waals surface area (Å²) in [6.45, 7) is 1.16. The van der Waals surface area contributed by atoms with E-state index in [1.54, 1.807) is 24.3 Å². The van der Waals surface area contributed by atoms with Crippen molar-refractivity contribution in [2.75, 3.05) is 13.2 Å². The molecule has 0 unspecified atom stereocenters. The smallest absolute Gasteiger partial charge is 0.335 e. The van der Waals surface area contributed by atoms with Crippen LogP contribution in [-0.4, -0.2) is 36.2 Å². The van der Waals surface area contributed by atoms with Crippen LogP contribution in [0.3, 0.4) is 0 Å². The molecule has 1 atom stereocenters. The van der Waals surface area contributed by atoms with Crippen LogP contribution in [0.1, 0.15) is 34.3 Å². The molecule has 7 nitrogen and oxygen atoms in total. The third-order valence-electron chi connectivity index (χ3n) is 4.80. The number of amides is 1. The zero-order valence-electron chi connectivity index (χ0n) is 16.9. The number of carbonyl (C=O) groups excluding carboxylic acids is 1. The van der Waals surface area contributed by atoms with Crippen molar-refractivity contribution in [1.29, 1.82) is 5.26 Å². The molecule has 166 valence electrons. The highest BCUT2D eigenvalue weighted by Crippen LogP contribution is 2.35. The van der Waals surface area contributed by atoms with Crippen LogP contribution < -0.4 is 10.1 Å². The van der Waals surface area contributed by atoms with Crippen LogP contribution in [0.25, 0.3) is 6.08 Å². The summed E-state index contributed by atoms with van der Waals surface area (Å²) in [5.41, 5.74) is 1.30. The molecule has 1 aliphatic heterocycles. The molecule has 0 radical (unpaired) electrons. The minimum Gasteiger partial charge on any atom is -0.486 e. The molecule has 1 saturated heterocycles. The Morgan fingerprint density at radius 3 is 2.50 bits per heavy atom. The number of aromatic carboxylic acids is 1. The lowest BCUT2D eigenvalue weighted by Gasteiger charge is -2.12. The second kappa shape index (κ2) is 11.0. The molecule has 1 amide bonds. The molecule has 1 aliphatic rings. The van der Waals surface area contributed by atoms with Crippen LogP contribution in [0.2, 0.25) is 10.0 Å². The van der Waals surface area contributed by atoms with Gasteiger partial charge in [-0.25, -0.2) is 4.79 Å². The molecule has 0 aliphatic carbocycles. The number of hydrogen-bond donors (Lipinski definition) is 2. The van der Waals surface area contributed by atoms with E-state index in [4.69, 9.17) is 37.8 Å². The average molecular weight is 475 g/mol. The van der Waals surface area contributed by atoms with E-state index in [0.717, 1.165) is 18.4 Å². The molecule has 0 aromatic heterocycles. The van der Waals surface area contributed by atoms with E-state index in [9.17, 15) is 14.9 Å². The summed E-state index contributed by atoms with van der Waals surface area (Å²) in [4.78, 5) is 23.2. The highest BCUT2D eigenvalue weighted by Gasteiger charge is 2.18. The van der Waals surface area contributed by atoms with Crippen molar-refractivity contribution in [3.63, 3.8) is 0 Å². The van der Waals surface area contributed by atoms with E-state index in [0.29, 0.717) is 18.7 Å². The first-order valence-corrected chi connectivity index (χ1v) is 10.6. The highest BCUT2D eigenvalue weighted by atomic mass is 35.5. The Morgan fingerprint density at radius 1 is 1.25 bits per heavy atom. The number of halogens is 2. The van der Waals surface area contributed by atoms with E-state index in [-0.39, 0.29) is 39.6 Å². The van der Waals surface area contributed by atoms with Crippen LogP contribution >= 0.6 is 23.2 Å². The molecule has 2 aromatic carbocycles. The van der Waals surface area contributed by atoms with Gasteiger partial charge in [0.2, 0.25) is 0 Å². The second-order valence-corrected chi connectivity index (χ2v) is 7.93. The molecule has 1 heterocycles. The number of nitrogens with one attached hydrogen (secondary N) is 1. The third-order valence-corrected chi connectivity index (χ3v) is 5.36. The number of ether oxygens (including phenoxy) is 2. The zero-order valence-corrected chi connectivity index (χ0v) is 18.4. The van der Waals surface area contributed by atoms with Gasteiger partial charge in [0.25, 0.3) is 5.91 Å². The monoisotopic (exact) mass is 474 g/mol. The van der Waals surface area contributed by atoms with Crippen LogP contribution in [0.5, 0.6) is 5.75 Å². The topological polar surface area (TPSA) is 109 Å². The van der Waals surface area contributed by atoms with Crippen molar-refractivity contribution < 1.29 is 24.2 Å². The number of benzene rings is 2. The van der Waals surface area contributed by atoms with E-state index in [2.05, 4.69) is 5.32 Å². The van der Waals surface area contributed by atoms with Crippen molar-refractivity contribution in [2.24, 2.45) is 0 Å². The van der Waals surface area contributed by atoms with Crippen LogP contribution in [0.15, 0.2) is 42.0 Å². The van der Waals surface area contributed by atoms with Gasteiger partial charge in [-0.15, -0.1) is 0 Å². The first-order valence-electron chi connectivity index (χ1n) is 9.83. The van der Waals surface area contributed by atoms with Gasteiger partial charge >= 0.3 is 5.97 Å². The van der Waals surface area contributed by atoms with Crippen molar-refractivity contribution in [2.45, 2.75) is 25.6 Å². The molecule has 1 fully saturated rings. The predicted octanol–water partition coefficient (Wildman–Crippen LogP) is 4.47. The lowest BCUT2D eigenvalue weighted by Crippen LogP contribution is -2.32. The van der Waals surface area contributed by atoms with Crippen LogP contribution in [0.4, 0.5) is 0 Å². The maximum Gasteiger partial charge on any atom is 0.335 e. The molecule has 0 spiro atoms. The van der Waals surface area contributed by atoms with Gasteiger partial charge in [0, 0.05) is 13.2 Å². The van der Waals surface area contributed by atoms with E-state index in [1.807, 2.05) is 6.07 Å². The van der Waals surface area contributed by atoms with E-state index >= 15 is 0 Å². The van der Waals surface area contributed by atoms with E-state index < -0.39 is 11.9 Å². The summed E-state index contributed by atoms with van der Waals surface area (Å²) in [6.07, 6.45) is 3.21. The van der Waals surface area contributed by atoms with Crippen molar-refractivity contribution in [3.05, 3.63) is 68.7 Å². The van der Waals surface area contributed by atoms with Crippen molar-refractivity contribution >= 4 is 41.2 Å². The molecule has 3 rings (SSSR count). The van der Waals surface area contributed by atoms with Gasteiger partial charge in [-0.2, -0.15) is 5.26 Å². The van der Waals surface area contributed by atoms with Crippen molar-refractivity contribution in [1.82, 2.24) is 5.32 Å². The highest BCUT2D eigenvalue weighted by molar-refractivity contribution is 6.37. The molecule has 9 heteroatoms. The Labute approximate surface area is 195 Å². The van der Waals surface area contributed by atoms with Gasteiger partial charge in [0.15, 0.2) is 5.75 Å². The Kier molecular flexibility index (Phi) is 8.12. The Balaban J connectivity index is 1.67. The number of rotatable bonds is 8. The van der Waals surface area contributed by atoms with Gasteiger partial charge in [0.05, 0.1) is 21.7 Å². The summed E-state index contributed by atoms with van der Waals surface area (Å²) in [6, 6.07) is 11.2. The van der Waals surface area contributed by atoms with Crippen LogP contribution in [-0.2, 0) is 16.1 Å². The summed E-state index contributed by atoms with van der Waals surface area (Å²) >= 11 is 12.6. The van der Waals surface area contributed by atoms with Gasteiger partial charge in [-0.05, 0) is 54.3 Å². The summed E-state index contributed by atoms with van der Waals surface area (Å²) < 4.78 is 11.2. The number of carbonyl (C=O) groups is 2. The minimum atomic E-state index is -1.01. The molecule has 32 heavy (non-hydrogen) atoms. The zero-order chi connectivity index (χ0) is 23.1. The molecule has 0 saturated carbocycles. The standard InChI is InChI=1S/C23H20Cl2N2O5/c24-19-9-15(8-17(11-26)22(28)27-12-18-2-1-7-31-18)10-20(25)21(19)32-13-14-3-5-16(6-4-14)23(29)30/h3-6,8-10,18H,1-2,7,12-13H2,(H,27,28)(H,29,30)/b17-8+/t18-/m0/s1. The summed E-state index contributed by atoms with van der Waals surface area (Å²) in [7, 11) is 0. The minimum absolute atomic E-state index is 0.0282. The van der Waals surface area contributed by atoms with Crippen LogP contribution in [0, 0.1) is 11.3 Å². The number of nitriles is 1. The summed E-state index contributed by atoms with van der Waals surface area (Å²) in [5.74, 6) is -1.26. The molecular formula is C23H20Cl2N2O5. The second-order valence-electron chi connectivity index (χ2n) is 7.12. The fourth-order valence-corrected chi connectivity index (χ4v) is 3.74. The largest absolute Gasteiger partial charge is 0.486 e. The fraction of sp³-hybridized carbons (Fsp3) is 0.261. The summed E-state index contributed by atoms with van der Waals surface area (Å²) in [5, 5.41) is 21.4. The number of carboxylic acid groups (broad SMARTS) is 1. The average Bonchev–Trinajstić information content (AvgIpc) is 3.29. The number of nitrogens with zero attached hydrogens (tertiary/aromatic N) is 1. The van der Waals surface area contributed by atoms with E-state index in [1.165, 1.54) is 18.2 Å². The number of carboxylic acids is 1.